The van der Waals surface area contributed by atoms with Gasteiger partial charge in [0.2, 0.25) is 5.88 Å². The van der Waals surface area contributed by atoms with E-state index >= 15 is 0 Å². The fraction of sp³-hybridized carbons (Fsp3) is 0.0625. The summed E-state index contributed by atoms with van der Waals surface area (Å²) < 4.78 is 5.70. The van der Waals surface area contributed by atoms with Crippen molar-refractivity contribution in [1.29, 1.82) is 0 Å². The molecule has 94 valence electrons. The van der Waals surface area contributed by atoms with Gasteiger partial charge in [0, 0.05) is 5.39 Å². The van der Waals surface area contributed by atoms with Crippen LogP contribution in [-0.4, -0.2) is 4.98 Å². The Bertz CT molecular complexity index is 725. The van der Waals surface area contributed by atoms with Crippen molar-refractivity contribution in [3.63, 3.8) is 0 Å². The van der Waals surface area contributed by atoms with Gasteiger partial charge in [-0.15, -0.1) is 0 Å². The molecule has 0 bridgehead atoms. The smallest absolute Gasteiger partial charge is 0.238 e. The molecule has 0 aliphatic carbocycles. The van der Waals surface area contributed by atoms with Crippen molar-refractivity contribution in [1.82, 2.24) is 4.98 Å². The fourth-order valence-electron chi connectivity index (χ4n) is 1.92. The van der Waals surface area contributed by atoms with Crippen LogP contribution in [0.5, 0.6) is 11.6 Å². The molecule has 0 saturated heterocycles. The third-order valence-electron chi connectivity index (χ3n) is 2.85. The number of para-hydroxylation sites is 1. The van der Waals surface area contributed by atoms with Crippen LogP contribution in [0.3, 0.4) is 0 Å². The summed E-state index contributed by atoms with van der Waals surface area (Å²) in [5.41, 5.74) is 2.06. The number of fused-ring (bicyclic) bond motifs is 1. The number of pyridine rings is 1. The summed E-state index contributed by atoms with van der Waals surface area (Å²) >= 11 is 6.22. The lowest BCUT2D eigenvalue weighted by molar-refractivity contribution is 0.465. The van der Waals surface area contributed by atoms with Gasteiger partial charge >= 0.3 is 0 Å². The minimum Gasteiger partial charge on any atom is -0.438 e. The molecule has 0 aliphatic rings. The predicted octanol–water partition coefficient (Wildman–Crippen LogP) is 4.99. The van der Waals surface area contributed by atoms with E-state index in [0.717, 1.165) is 16.7 Å². The van der Waals surface area contributed by atoms with Crippen LogP contribution in [0.25, 0.3) is 10.9 Å². The lowest BCUT2D eigenvalue weighted by Crippen LogP contribution is -1.90. The summed E-state index contributed by atoms with van der Waals surface area (Å²) in [5, 5.41) is 1.53. The summed E-state index contributed by atoms with van der Waals surface area (Å²) in [6.07, 6.45) is 0. The average molecular weight is 270 g/mol. The first kappa shape index (κ1) is 12.0. The molecule has 1 heterocycles. The van der Waals surface area contributed by atoms with Gasteiger partial charge in [-0.05, 0) is 37.3 Å². The highest BCUT2D eigenvalue weighted by Crippen LogP contribution is 2.30. The highest BCUT2D eigenvalue weighted by atomic mass is 35.5. The zero-order valence-corrected chi connectivity index (χ0v) is 11.2. The highest BCUT2D eigenvalue weighted by molar-refractivity contribution is 6.32. The number of ether oxygens (including phenoxy) is 1. The van der Waals surface area contributed by atoms with Gasteiger partial charge < -0.3 is 4.74 Å². The molecule has 0 saturated carbocycles. The molecule has 19 heavy (non-hydrogen) atoms. The predicted molar refractivity (Wildman–Crippen MR) is 78.0 cm³/mol. The summed E-state index contributed by atoms with van der Waals surface area (Å²) in [6, 6.07) is 17.4. The maximum atomic E-state index is 6.22. The van der Waals surface area contributed by atoms with Crippen molar-refractivity contribution in [3.8, 4) is 11.6 Å². The molecule has 3 heteroatoms. The normalized spacial score (nSPS) is 10.6. The molecule has 0 aliphatic heterocycles. The first-order valence-corrected chi connectivity index (χ1v) is 6.40. The minimum atomic E-state index is 0.434. The van der Waals surface area contributed by atoms with E-state index in [1.165, 1.54) is 5.56 Å². The molecule has 0 spiro atoms. The van der Waals surface area contributed by atoms with E-state index in [4.69, 9.17) is 16.3 Å². The Morgan fingerprint density at radius 3 is 2.58 bits per heavy atom. The van der Waals surface area contributed by atoms with Crippen molar-refractivity contribution in [3.05, 3.63) is 65.2 Å². The molecule has 0 N–H and O–H groups in total. The third kappa shape index (κ3) is 2.54. The van der Waals surface area contributed by atoms with Crippen molar-refractivity contribution in [2.75, 3.05) is 0 Å². The molecule has 2 aromatic carbocycles. The molecule has 0 fully saturated rings. The van der Waals surface area contributed by atoms with E-state index in [2.05, 4.69) is 11.1 Å². The topological polar surface area (TPSA) is 22.1 Å². The number of rotatable bonds is 2. The molecule has 0 atom stereocenters. The molecule has 0 unspecified atom stereocenters. The van der Waals surface area contributed by atoms with Crippen LogP contribution in [0.2, 0.25) is 5.02 Å². The number of hydrogen-bond donors (Lipinski definition) is 0. The number of halogens is 1. The van der Waals surface area contributed by atoms with E-state index in [1.807, 2.05) is 55.5 Å². The van der Waals surface area contributed by atoms with Crippen LogP contribution in [0, 0.1) is 6.92 Å². The van der Waals surface area contributed by atoms with Gasteiger partial charge in [-0.2, -0.15) is 0 Å². The largest absolute Gasteiger partial charge is 0.438 e. The second kappa shape index (κ2) is 4.90. The summed E-state index contributed by atoms with van der Waals surface area (Å²) in [4.78, 5) is 4.46. The Labute approximate surface area is 116 Å². The van der Waals surface area contributed by atoms with Gasteiger partial charge in [-0.3, -0.25) is 0 Å². The third-order valence-corrected chi connectivity index (χ3v) is 3.12. The van der Waals surface area contributed by atoms with E-state index in [0.29, 0.717) is 10.9 Å². The van der Waals surface area contributed by atoms with Gasteiger partial charge in [0.25, 0.3) is 0 Å². The van der Waals surface area contributed by atoms with Gasteiger partial charge in [0.1, 0.15) is 10.8 Å². The van der Waals surface area contributed by atoms with E-state index < -0.39 is 0 Å². The number of aromatic nitrogens is 1. The minimum absolute atomic E-state index is 0.434. The molecule has 1 aromatic heterocycles. The van der Waals surface area contributed by atoms with E-state index in [9.17, 15) is 0 Å². The highest BCUT2D eigenvalue weighted by Gasteiger charge is 2.07. The SMILES string of the molecule is Cc1ccc2nc(Oc3ccccc3)c(Cl)cc2c1. The van der Waals surface area contributed by atoms with Crippen LogP contribution >= 0.6 is 11.6 Å². The zero-order valence-electron chi connectivity index (χ0n) is 10.4. The van der Waals surface area contributed by atoms with Gasteiger partial charge in [-0.25, -0.2) is 4.98 Å². The van der Waals surface area contributed by atoms with Crippen LogP contribution < -0.4 is 4.74 Å². The molecular weight excluding hydrogens is 258 g/mol. The van der Waals surface area contributed by atoms with Gasteiger partial charge in [-0.1, -0.05) is 41.4 Å². The van der Waals surface area contributed by atoms with Crippen LogP contribution in [-0.2, 0) is 0 Å². The molecule has 0 amide bonds. The number of nitrogens with zero attached hydrogens (tertiary/aromatic N) is 1. The lowest BCUT2D eigenvalue weighted by atomic mass is 10.1. The van der Waals surface area contributed by atoms with Gasteiger partial charge in [0.15, 0.2) is 0 Å². The lowest BCUT2D eigenvalue weighted by Gasteiger charge is -2.08. The van der Waals surface area contributed by atoms with E-state index in [1.54, 1.807) is 0 Å². The maximum absolute atomic E-state index is 6.22. The Hall–Kier alpha value is -2.06. The molecule has 0 radical (unpaired) electrons. The van der Waals surface area contributed by atoms with Crippen LogP contribution in [0.4, 0.5) is 0 Å². The van der Waals surface area contributed by atoms with Gasteiger partial charge in [0.05, 0.1) is 5.52 Å². The van der Waals surface area contributed by atoms with Crippen molar-refractivity contribution < 1.29 is 4.74 Å². The maximum Gasteiger partial charge on any atom is 0.238 e. The Morgan fingerprint density at radius 2 is 1.79 bits per heavy atom. The second-order valence-corrected chi connectivity index (χ2v) is 4.79. The standard InChI is InChI=1S/C16H12ClNO/c1-11-7-8-15-12(9-11)10-14(17)16(18-15)19-13-5-3-2-4-6-13/h2-10H,1H3. The monoisotopic (exact) mass is 269 g/mol. The number of aryl methyl sites for hydroxylation is 1. The first-order valence-electron chi connectivity index (χ1n) is 6.02. The molecular formula is C16H12ClNO. The summed E-state index contributed by atoms with van der Waals surface area (Å²) in [5.74, 6) is 1.16. The second-order valence-electron chi connectivity index (χ2n) is 4.39. The molecule has 2 nitrogen and oxygen atoms in total. The van der Waals surface area contributed by atoms with Crippen molar-refractivity contribution in [2.24, 2.45) is 0 Å². The number of benzene rings is 2. The first-order chi connectivity index (χ1) is 9.22. The van der Waals surface area contributed by atoms with Crippen LogP contribution in [0.15, 0.2) is 54.6 Å². The molecule has 3 aromatic rings. The molecule has 3 rings (SSSR count). The Morgan fingerprint density at radius 1 is 1.00 bits per heavy atom. The Kier molecular flexibility index (Phi) is 3.10. The quantitative estimate of drug-likeness (QED) is 0.654. The summed E-state index contributed by atoms with van der Waals surface area (Å²) in [7, 11) is 0. The summed E-state index contributed by atoms with van der Waals surface area (Å²) in [6.45, 7) is 2.04. The Balaban J connectivity index is 2.04. The zero-order chi connectivity index (χ0) is 13.2. The number of hydrogen-bond acceptors (Lipinski definition) is 2. The van der Waals surface area contributed by atoms with E-state index in [-0.39, 0.29) is 0 Å². The average Bonchev–Trinajstić information content (AvgIpc) is 2.41. The van der Waals surface area contributed by atoms with Crippen LogP contribution in [0.1, 0.15) is 5.56 Å². The van der Waals surface area contributed by atoms with Crippen molar-refractivity contribution >= 4 is 22.5 Å². The fourth-order valence-corrected chi connectivity index (χ4v) is 2.12. The van der Waals surface area contributed by atoms with Crippen molar-refractivity contribution in [2.45, 2.75) is 6.92 Å².